The van der Waals surface area contributed by atoms with E-state index in [1.807, 2.05) is 39.0 Å². The minimum atomic E-state index is -0.201. The summed E-state index contributed by atoms with van der Waals surface area (Å²) in [5, 5.41) is 0. The maximum Gasteiger partial charge on any atom is 0.306 e. The summed E-state index contributed by atoms with van der Waals surface area (Å²) in [5.41, 5.74) is 2.85. The van der Waals surface area contributed by atoms with Crippen LogP contribution in [0.4, 0.5) is 0 Å². The van der Waals surface area contributed by atoms with Crippen molar-refractivity contribution >= 4 is 11.9 Å². The molecule has 0 bridgehead atoms. The Hall–Kier alpha value is -1.84. The number of rotatable bonds is 8. The molecule has 0 fully saturated rings. The van der Waals surface area contributed by atoms with Gasteiger partial charge in [0, 0.05) is 12.8 Å². The van der Waals surface area contributed by atoms with Crippen molar-refractivity contribution < 1.29 is 19.1 Å². The molecule has 0 N–H and O–H groups in total. The van der Waals surface area contributed by atoms with Crippen LogP contribution in [0.1, 0.15) is 56.2 Å². The predicted octanol–water partition coefficient (Wildman–Crippen LogP) is 3.68. The number of hydrogen-bond donors (Lipinski definition) is 0. The van der Waals surface area contributed by atoms with E-state index in [4.69, 9.17) is 9.47 Å². The fraction of sp³-hybridized carbons (Fsp3) is 0.529. The second-order valence-electron chi connectivity index (χ2n) is 5.03. The van der Waals surface area contributed by atoms with Gasteiger partial charge in [-0.25, -0.2) is 0 Å². The SMILES string of the molecule is CCCC(=O)OCc1cccc(C)c1COC(=O)CCC. The highest BCUT2D eigenvalue weighted by atomic mass is 16.5. The Morgan fingerprint density at radius 3 is 2.10 bits per heavy atom. The van der Waals surface area contributed by atoms with Crippen LogP contribution in [0.3, 0.4) is 0 Å². The number of benzene rings is 1. The Labute approximate surface area is 126 Å². The molecule has 0 spiro atoms. The first-order valence-electron chi connectivity index (χ1n) is 7.47. The maximum atomic E-state index is 11.5. The van der Waals surface area contributed by atoms with Gasteiger partial charge < -0.3 is 9.47 Å². The minimum absolute atomic E-state index is 0.199. The Kier molecular flexibility index (Phi) is 7.51. The summed E-state index contributed by atoms with van der Waals surface area (Å²) >= 11 is 0. The number of aryl methyl sites for hydroxylation is 1. The zero-order valence-electron chi connectivity index (χ0n) is 13.1. The number of carbonyl (C=O) groups is 2. The lowest BCUT2D eigenvalue weighted by Crippen LogP contribution is -2.09. The molecule has 4 heteroatoms. The molecule has 0 aliphatic heterocycles. The van der Waals surface area contributed by atoms with Crippen LogP contribution >= 0.6 is 0 Å². The Morgan fingerprint density at radius 2 is 1.52 bits per heavy atom. The lowest BCUT2D eigenvalue weighted by Gasteiger charge is -2.13. The fourth-order valence-corrected chi connectivity index (χ4v) is 1.97. The van der Waals surface area contributed by atoms with Gasteiger partial charge in [0.15, 0.2) is 0 Å². The van der Waals surface area contributed by atoms with E-state index in [1.54, 1.807) is 0 Å². The van der Waals surface area contributed by atoms with Crippen molar-refractivity contribution in [2.75, 3.05) is 0 Å². The number of hydrogen-bond acceptors (Lipinski definition) is 4. The van der Waals surface area contributed by atoms with Crippen LogP contribution in [0.5, 0.6) is 0 Å². The van der Waals surface area contributed by atoms with Gasteiger partial charge in [0.25, 0.3) is 0 Å². The van der Waals surface area contributed by atoms with E-state index in [9.17, 15) is 9.59 Å². The topological polar surface area (TPSA) is 52.6 Å². The third kappa shape index (κ3) is 5.98. The molecule has 1 aromatic carbocycles. The van der Waals surface area contributed by atoms with Gasteiger partial charge in [-0.3, -0.25) is 9.59 Å². The van der Waals surface area contributed by atoms with Gasteiger partial charge in [-0.1, -0.05) is 32.0 Å². The van der Waals surface area contributed by atoms with Crippen LogP contribution in [0, 0.1) is 6.92 Å². The van der Waals surface area contributed by atoms with Gasteiger partial charge in [0.1, 0.15) is 13.2 Å². The first kappa shape index (κ1) is 17.2. The summed E-state index contributed by atoms with van der Waals surface area (Å²) in [6, 6.07) is 5.77. The van der Waals surface area contributed by atoms with Gasteiger partial charge in [0.05, 0.1) is 0 Å². The van der Waals surface area contributed by atoms with Crippen LogP contribution in [0.25, 0.3) is 0 Å². The van der Waals surface area contributed by atoms with Crippen molar-refractivity contribution in [2.45, 2.75) is 59.7 Å². The largest absolute Gasteiger partial charge is 0.461 e. The molecule has 0 aliphatic rings. The van der Waals surface area contributed by atoms with Crippen LogP contribution in [0.15, 0.2) is 18.2 Å². The third-order valence-corrected chi connectivity index (χ3v) is 3.18. The van der Waals surface area contributed by atoms with Crippen molar-refractivity contribution in [1.82, 2.24) is 0 Å². The lowest BCUT2D eigenvalue weighted by atomic mass is 10.0. The summed E-state index contributed by atoms with van der Waals surface area (Å²) in [7, 11) is 0. The van der Waals surface area contributed by atoms with E-state index in [0.717, 1.165) is 29.5 Å². The van der Waals surface area contributed by atoms with E-state index in [2.05, 4.69) is 0 Å². The normalized spacial score (nSPS) is 10.2. The molecule has 1 rings (SSSR count). The molecule has 4 nitrogen and oxygen atoms in total. The highest BCUT2D eigenvalue weighted by molar-refractivity contribution is 5.69. The summed E-state index contributed by atoms with van der Waals surface area (Å²) in [4.78, 5) is 22.9. The Balaban J connectivity index is 2.69. The molecule has 1 aromatic rings. The van der Waals surface area contributed by atoms with Crippen molar-refractivity contribution in [3.8, 4) is 0 Å². The van der Waals surface area contributed by atoms with Crippen molar-refractivity contribution in [1.29, 1.82) is 0 Å². The van der Waals surface area contributed by atoms with Gasteiger partial charge in [-0.2, -0.15) is 0 Å². The average Bonchev–Trinajstić information content (AvgIpc) is 2.44. The first-order valence-corrected chi connectivity index (χ1v) is 7.47. The van der Waals surface area contributed by atoms with Crippen molar-refractivity contribution in [2.24, 2.45) is 0 Å². The average molecular weight is 292 g/mol. The Morgan fingerprint density at radius 1 is 0.952 bits per heavy atom. The van der Waals surface area contributed by atoms with Crippen LogP contribution in [-0.4, -0.2) is 11.9 Å². The molecular weight excluding hydrogens is 268 g/mol. The van der Waals surface area contributed by atoms with E-state index in [0.29, 0.717) is 12.8 Å². The molecule has 21 heavy (non-hydrogen) atoms. The van der Waals surface area contributed by atoms with Gasteiger partial charge in [0.2, 0.25) is 0 Å². The Bertz CT molecular complexity index is 480. The van der Waals surface area contributed by atoms with E-state index >= 15 is 0 Å². The van der Waals surface area contributed by atoms with Gasteiger partial charge in [-0.05, 0) is 36.5 Å². The smallest absolute Gasteiger partial charge is 0.306 e. The predicted molar refractivity (Wildman–Crippen MR) is 80.6 cm³/mol. The number of ether oxygens (including phenoxy) is 2. The van der Waals surface area contributed by atoms with E-state index in [-0.39, 0.29) is 25.2 Å². The quantitative estimate of drug-likeness (QED) is 0.686. The van der Waals surface area contributed by atoms with Gasteiger partial charge in [-0.15, -0.1) is 0 Å². The number of carbonyl (C=O) groups excluding carboxylic acids is 2. The zero-order chi connectivity index (χ0) is 15.7. The fourth-order valence-electron chi connectivity index (χ4n) is 1.97. The number of esters is 2. The zero-order valence-corrected chi connectivity index (χ0v) is 13.1. The molecule has 0 amide bonds. The molecule has 0 unspecified atom stereocenters. The van der Waals surface area contributed by atoms with Crippen molar-refractivity contribution in [3.05, 3.63) is 34.9 Å². The first-order chi connectivity index (χ1) is 10.1. The van der Waals surface area contributed by atoms with Crippen molar-refractivity contribution in [3.63, 3.8) is 0 Å². The highest BCUT2D eigenvalue weighted by Crippen LogP contribution is 2.17. The molecule has 0 aromatic heterocycles. The van der Waals surface area contributed by atoms with E-state index in [1.165, 1.54) is 0 Å². The summed E-state index contributed by atoms with van der Waals surface area (Å²) in [6.07, 6.45) is 2.39. The third-order valence-electron chi connectivity index (χ3n) is 3.18. The molecule has 0 radical (unpaired) electrons. The second-order valence-corrected chi connectivity index (χ2v) is 5.03. The molecular formula is C17H24O4. The molecule has 116 valence electrons. The van der Waals surface area contributed by atoms with Crippen LogP contribution in [-0.2, 0) is 32.3 Å². The van der Waals surface area contributed by atoms with Crippen LogP contribution < -0.4 is 0 Å². The minimum Gasteiger partial charge on any atom is -0.461 e. The summed E-state index contributed by atoms with van der Waals surface area (Å²) in [6.45, 7) is 6.29. The lowest BCUT2D eigenvalue weighted by molar-refractivity contribution is -0.146. The monoisotopic (exact) mass is 292 g/mol. The summed E-state index contributed by atoms with van der Waals surface area (Å²) < 4.78 is 10.5. The summed E-state index contributed by atoms with van der Waals surface area (Å²) in [5.74, 6) is -0.400. The highest BCUT2D eigenvalue weighted by Gasteiger charge is 2.10. The maximum absolute atomic E-state index is 11.5. The molecule has 0 aliphatic carbocycles. The van der Waals surface area contributed by atoms with Crippen LogP contribution in [0.2, 0.25) is 0 Å². The molecule has 0 saturated heterocycles. The second kappa shape index (κ2) is 9.16. The standard InChI is InChI=1S/C17H24O4/c1-4-7-16(18)20-11-14-10-6-9-13(3)15(14)12-21-17(19)8-5-2/h6,9-10H,4-5,7-8,11-12H2,1-3H3. The molecule has 0 atom stereocenters. The van der Waals surface area contributed by atoms with E-state index < -0.39 is 0 Å². The van der Waals surface area contributed by atoms with Gasteiger partial charge >= 0.3 is 11.9 Å². The molecule has 0 saturated carbocycles. The molecule has 0 heterocycles.